The van der Waals surface area contributed by atoms with Crippen LogP contribution in [0.5, 0.6) is 0 Å². The molecular weight excluding hydrogens is 419 g/mol. The molecule has 2 aromatic rings. The van der Waals surface area contributed by atoms with Gasteiger partial charge in [0.2, 0.25) is 5.69 Å². The van der Waals surface area contributed by atoms with Crippen molar-refractivity contribution in [1.29, 1.82) is 0 Å². The van der Waals surface area contributed by atoms with Gasteiger partial charge in [0.25, 0.3) is 10.1 Å². The summed E-state index contributed by atoms with van der Waals surface area (Å²) in [7, 11) is -3.97. The van der Waals surface area contributed by atoms with Crippen LogP contribution in [0.1, 0.15) is 32.3 Å². The Morgan fingerprint density at radius 2 is 1.74 bits per heavy atom. The summed E-state index contributed by atoms with van der Waals surface area (Å²) in [5.74, 6) is -0.227. The van der Waals surface area contributed by atoms with Crippen molar-refractivity contribution in [3.8, 4) is 0 Å². The quantitative estimate of drug-likeness (QED) is 0.260. The number of allylic oxidation sites excluding steroid dienone is 3. The van der Waals surface area contributed by atoms with Gasteiger partial charge in [-0.25, -0.2) is 0 Å². The zero-order valence-electron chi connectivity index (χ0n) is 17.5. The normalized spacial score (nSPS) is 18.4. The number of para-hydroxylation sites is 2. The molecule has 0 saturated carbocycles. The minimum absolute atomic E-state index is 0. The topological polar surface area (TPSA) is 69.4 Å². The van der Waals surface area contributed by atoms with Crippen LogP contribution in [0.25, 0.3) is 0 Å². The number of hydrogen-bond acceptors (Lipinski definition) is 3. The van der Waals surface area contributed by atoms with E-state index in [1.165, 1.54) is 5.56 Å². The fraction of sp³-hybridized carbons (Fsp3) is 0.292. The number of rotatable bonds is 9. The van der Waals surface area contributed by atoms with Gasteiger partial charge >= 0.3 is 29.6 Å². The van der Waals surface area contributed by atoms with E-state index in [1.54, 1.807) is 0 Å². The summed E-state index contributed by atoms with van der Waals surface area (Å²) >= 11 is 0. The number of nitrogens with one attached hydrogen (secondary N) is 1. The van der Waals surface area contributed by atoms with Crippen molar-refractivity contribution in [3.05, 3.63) is 84.6 Å². The Kier molecular flexibility index (Phi) is 9.28. The molecule has 3 rings (SSSR count). The number of fused-ring (bicyclic) bond motifs is 1. The van der Waals surface area contributed by atoms with E-state index >= 15 is 0 Å². The number of benzene rings is 2. The van der Waals surface area contributed by atoms with Crippen LogP contribution in [-0.2, 0) is 15.5 Å². The zero-order chi connectivity index (χ0) is 21.6. The number of anilines is 1. The summed E-state index contributed by atoms with van der Waals surface area (Å²) in [4.78, 5) is 0. The Balaban J connectivity index is 0.00000341. The molecule has 2 N–H and O–H groups in total. The molecule has 1 atom stereocenters. The van der Waals surface area contributed by atoms with Gasteiger partial charge in [-0.05, 0) is 44.9 Å². The molecule has 1 aliphatic rings. The van der Waals surface area contributed by atoms with Crippen molar-refractivity contribution >= 4 is 56.8 Å². The molecule has 1 aliphatic heterocycles. The van der Waals surface area contributed by atoms with Gasteiger partial charge in [-0.15, -0.1) is 0 Å². The van der Waals surface area contributed by atoms with E-state index in [1.807, 2.05) is 60.8 Å². The molecule has 5 nitrogen and oxygen atoms in total. The molecule has 0 spiro atoms. The summed E-state index contributed by atoms with van der Waals surface area (Å²) in [5, 5.41) is 3.23. The van der Waals surface area contributed by atoms with Gasteiger partial charge in [0.05, 0.1) is 11.2 Å². The van der Waals surface area contributed by atoms with E-state index in [-0.39, 0.29) is 40.7 Å². The molecule has 160 valence electrons. The predicted molar refractivity (Wildman–Crippen MR) is 130 cm³/mol. The predicted octanol–water partition coefficient (Wildman–Crippen LogP) is 4.26. The molecule has 0 fully saturated rings. The maximum atomic E-state index is 11.2. The van der Waals surface area contributed by atoms with Crippen molar-refractivity contribution in [2.45, 2.75) is 32.1 Å². The number of nitrogens with zero attached hydrogens (tertiary/aromatic N) is 1. The molecule has 31 heavy (non-hydrogen) atoms. The molecule has 0 aliphatic carbocycles. The van der Waals surface area contributed by atoms with Gasteiger partial charge in [0, 0.05) is 29.6 Å². The summed E-state index contributed by atoms with van der Waals surface area (Å²) in [6.45, 7) is 5.08. The molecule has 2 aromatic carbocycles. The van der Waals surface area contributed by atoms with Crippen LogP contribution in [0, 0.1) is 0 Å². The van der Waals surface area contributed by atoms with Crippen LogP contribution < -0.4 is 5.32 Å². The first-order valence-corrected chi connectivity index (χ1v) is 11.8. The summed E-state index contributed by atoms with van der Waals surface area (Å²) in [6, 6.07) is 18.2. The van der Waals surface area contributed by atoms with E-state index in [4.69, 9.17) is 4.55 Å². The summed E-state index contributed by atoms with van der Waals surface area (Å²) in [5.41, 5.74) is 4.17. The Labute approximate surface area is 207 Å². The monoisotopic (exact) mass is 449 g/mol. The average Bonchev–Trinajstić information content (AvgIpc) is 2.96. The first kappa shape index (κ1) is 25.6. The molecule has 0 saturated heterocycles. The molecule has 0 aromatic heterocycles. The van der Waals surface area contributed by atoms with Crippen LogP contribution in [0.4, 0.5) is 11.4 Å². The molecule has 0 bridgehead atoms. The second-order valence-corrected chi connectivity index (χ2v) is 9.17. The third kappa shape index (κ3) is 6.40. The molecule has 0 amide bonds. The van der Waals surface area contributed by atoms with Gasteiger partial charge in [-0.1, -0.05) is 42.5 Å². The first-order chi connectivity index (χ1) is 14.3. The fourth-order valence-electron chi connectivity index (χ4n) is 4.11. The van der Waals surface area contributed by atoms with Gasteiger partial charge in [-0.2, -0.15) is 13.0 Å². The second kappa shape index (κ2) is 11.2. The van der Waals surface area contributed by atoms with E-state index in [2.05, 4.69) is 41.9 Å². The Bertz CT molecular complexity index is 1080. The van der Waals surface area contributed by atoms with Gasteiger partial charge in [-0.3, -0.25) is 4.55 Å². The van der Waals surface area contributed by atoms with E-state index < -0.39 is 10.1 Å². The fourth-order valence-corrected chi connectivity index (χ4v) is 4.62. The van der Waals surface area contributed by atoms with Crippen LogP contribution in [0.3, 0.4) is 0 Å². The van der Waals surface area contributed by atoms with Crippen LogP contribution in [-0.4, -0.2) is 65.1 Å². The molecule has 7 heteroatoms. The van der Waals surface area contributed by atoms with Crippen molar-refractivity contribution in [2.24, 2.45) is 0 Å². The zero-order valence-corrected chi connectivity index (χ0v) is 18.3. The third-order valence-corrected chi connectivity index (χ3v) is 6.33. The van der Waals surface area contributed by atoms with Crippen LogP contribution in [0.2, 0.25) is 0 Å². The summed E-state index contributed by atoms with van der Waals surface area (Å²) < 4.78 is 33.9. The molecular formula is C24H30N2NaO3S+. The van der Waals surface area contributed by atoms with Crippen molar-refractivity contribution in [3.63, 3.8) is 0 Å². The molecule has 1 heterocycles. The number of hydrogen-bond donors (Lipinski definition) is 2. The minimum atomic E-state index is -3.97. The van der Waals surface area contributed by atoms with Crippen molar-refractivity contribution in [1.82, 2.24) is 0 Å². The molecule has 0 radical (unpaired) electrons. The van der Waals surface area contributed by atoms with E-state index in [0.717, 1.165) is 23.6 Å². The Morgan fingerprint density at radius 1 is 1.06 bits per heavy atom. The Hall–Kier alpha value is -1.70. The van der Waals surface area contributed by atoms with E-state index in [0.29, 0.717) is 12.8 Å². The average molecular weight is 450 g/mol. The van der Waals surface area contributed by atoms with Gasteiger partial charge in [0.1, 0.15) is 6.54 Å². The van der Waals surface area contributed by atoms with Crippen molar-refractivity contribution < 1.29 is 17.5 Å². The SMILES string of the molecule is CC[N+]1=C(/C=C/C=C/Nc2ccccc2)C(C)(CCCS(=O)(=O)O)c2ccccc21.[NaH]. The van der Waals surface area contributed by atoms with Crippen LogP contribution >= 0.6 is 0 Å². The molecule has 1 unspecified atom stereocenters. The second-order valence-electron chi connectivity index (χ2n) is 7.60. The first-order valence-electron chi connectivity index (χ1n) is 10.2. The van der Waals surface area contributed by atoms with Crippen molar-refractivity contribution in [2.75, 3.05) is 17.6 Å². The van der Waals surface area contributed by atoms with Gasteiger partial charge in [0.15, 0.2) is 5.71 Å². The standard InChI is InChI=1S/C24H28N2O3S.Na.H/c1-3-26-22-15-8-7-14-21(22)24(2,17-11-19-30(27,28)29)23(26)16-9-10-18-25-20-12-5-4-6-13-20;;/h4-10,12-16,18H,3,11,17,19H2,1-2H3,(H,27,28,29);;/p+1. The van der Waals surface area contributed by atoms with Gasteiger partial charge < -0.3 is 5.32 Å². The maximum absolute atomic E-state index is 11.2. The van der Waals surface area contributed by atoms with E-state index in [9.17, 15) is 8.42 Å². The third-order valence-electron chi connectivity index (χ3n) is 5.53. The van der Waals surface area contributed by atoms with Crippen LogP contribution in [0.15, 0.2) is 79.0 Å². The summed E-state index contributed by atoms with van der Waals surface area (Å²) in [6.07, 6.45) is 8.97. The Morgan fingerprint density at radius 3 is 2.42 bits per heavy atom.